The van der Waals surface area contributed by atoms with Gasteiger partial charge >= 0.3 is 0 Å². The second-order valence-corrected chi connectivity index (χ2v) is 5.73. The summed E-state index contributed by atoms with van der Waals surface area (Å²) in [4.78, 5) is 16.8. The quantitative estimate of drug-likeness (QED) is 0.794. The van der Waals surface area contributed by atoms with Gasteiger partial charge in [-0.2, -0.15) is 0 Å². The van der Waals surface area contributed by atoms with Crippen molar-refractivity contribution < 1.29 is 5.11 Å². The second kappa shape index (κ2) is 5.79. The Morgan fingerprint density at radius 2 is 1.81 bits per heavy atom. The first-order valence-electron chi connectivity index (χ1n) is 6.51. The van der Waals surface area contributed by atoms with Crippen LogP contribution < -0.4 is 5.56 Å². The molecule has 3 rings (SSSR count). The van der Waals surface area contributed by atoms with Crippen LogP contribution in [-0.2, 0) is 13.2 Å². The van der Waals surface area contributed by atoms with Crippen LogP contribution >= 0.6 is 15.9 Å². The number of benzene rings is 2. The van der Waals surface area contributed by atoms with E-state index < -0.39 is 0 Å². The summed E-state index contributed by atoms with van der Waals surface area (Å²) in [5, 5.41) is 9.63. The molecule has 1 aromatic heterocycles. The van der Waals surface area contributed by atoms with Gasteiger partial charge in [0.1, 0.15) is 0 Å². The number of nitrogens with zero attached hydrogens (tertiary/aromatic N) is 2. The highest BCUT2D eigenvalue weighted by atomic mass is 79.9. The summed E-state index contributed by atoms with van der Waals surface area (Å²) in [5.41, 5.74) is 2.47. The third-order valence-corrected chi connectivity index (χ3v) is 3.84. The Morgan fingerprint density at radius 1 is 1.10 bits per heavy atom. The van der Waals surface area contributed by atoms with Gasteiger partial charge in [-0.25, -0.2) is 4.98 Å². The van der Waals surface area contributed by atoms with E-state index in [1.807, 2.05) is 36.4 Å². The lowest BCUT2D eigenvalue weighted by Gasteiger charge is -2.07. The van der Waals surface area contributed by atoms with Gasteiger partial charge in [-0.05, 0) is 29.3 Å². The average molecular weight is 345 g/mol. The minimum Gasteiger partial charge on any atom is -0.392 e. The molecule has 0 amide bonds. The van der Waals surface area contributed by atoms with Crippen LogP contribution in [0.4, 0.5) is 0 Å². The number of aliphatic hydroxyl groups excluding tert-OH is 1. The van der Waals surface area contributed by atoms with Gasteiger partial charge in [-0.3, -0.25) is 9.36 Å². The molecule has 0 aliphatic rings. The number of aliphatic hydroxyl groups is 1. The van der Waals surface area contributed by atoms with Gasteiger partial charge in [0.2, 0.25) is 0 Å². The highest BCUT2D eigenvalue weighted by molar-refractivity contribution is 9.10. The summed E-state index contributed by atoms with van der Waals surface area (Å²) >= 11 is 3.37. The van der Waals surface area contributed by atoms with E-state index in [1.165, 1.54) is 0 Å². The Balaban J connectivity index is 2.00. The van der Waals surface area contributed by atoms with E-state index in [4.69, 9.17) is 5.11 Å². The molecule has 0 aliphatic carbocycles. The maximum atomic E-state index is 12.5. The standard InChI is InChI=1S/C16H13BrN2O2/c17-13-5-6-15-14(7-13)16(21)19(10-18-15)8-11-1-3-12(9-20)4-2-11/h1-7,10,20H,8-9H2. The molecule has 0 saturated carbocycles. The molecule has 1 heterocycles. The second-order valence-electron chi connectivity index (χ2n) is 4.81. The molecular weight excluding hydrogens is 332 g/mol. The molecule has 0 spiro atoms. The average Bonchev–Trinajstić information content (AvgIpc) is 2.51. The normalized spacial score (nSPS) is 11.0. The maximum absolute atomic E-state index is 12.5. The van der Waals surface area contributed by atoms with Crippen molar-refractivity contribution in [2.24, 2.45) is 0 Å². The van der Waals surface area contributed by atoms with Crippen LogP contribution in [0.25, 0.3) is 10.9 Å². The van der Waals surface area contributed by atoms with Crippen molar-refractivity contribution in [3.63, 3.8) is 0 Å². The first-order chi connectivity index (χ1) is 10.2. The van der Waals surface area contributed by atoms with Gasteiger partial charge in [0.15, 0.2) is 0 Å². The number of hydrogen-bond donors (Lipinski definition) is 1. The topological polar surface area (TPSA) is 55.1 Å². The number of halogens is 1. The molecule has 0 radical (unpaired) electrons. The van der Waals surface area contributed by atoms with Crippen LogP contribution in [0.3, 0.4) is 0 Å². The minimum absolute atomic E-state index is 0.0196. The Labute approximate surface area is 129 Å². The fraction of sp³-hybridized carbons (Fsp3) is 0.125. The molecule has 21 heavy (non-hydrogen) atoms. The first kappa shape index (κ1) is 14.0. The zero-order valence-corrected chi connectivity index (χ0v) is 12.7. The van der Waals surface area contributed by atoms with Gasteiger partial charge in [0.25, 0.3) is 5.56 Å². The lowest BCUT2D eigenvalue weighted by molar-refractivity contribution is 0.282. The molecule has 0 bridgehead atoms. The van der Waals surface area contributed by atoms with E-state index in [9.17, 15) is 4.79 Å². The van der Waals surface area contributed by atoms with E-state index in [2.05, 4.69) is 20.9 Å². The highest BCUT2D eigenvalue weighted by Crippen LogP contribution is 2.15. The van der Waals surface area contributed by atoms with E-state index >= 15 is 0 Å². The van der Waals surface area contributed by atoms with Crippen LogP contribution in [-0.4, -0.2) is 14.7 Å². The molecule has 106 valence electrons. The predicted molar refractivity (Wildman–Crippen MR) is 85.2 cm³/mol. The molecular formula is C16H13BrN2O2. The van der Waals surface area contributed by atoms with Gasteiger partial charge in [0.05, 0.1) is 30.4 Å². The molecule has 0 aliphatic heterocycles. The van der Waals surface area contributed by atoms with Crippen LogP contribution in [0.2, 0.25) is 0 Å². The summed E-state index contributed by atoms with van der Waals surface area (Å²) in [7, 11) is 0. The molecule has 0 fully saturated rings. The predicted octanol–water partition coefficient (Wildman–Crippen LogP) is 2.70. The molecule has 0 unspecified atom stereocenters. The Hall–Kier alpha value is -1.98. The molecule has 4 nitrogen and oxygen atoms in total. The number of aromatic nitrogens is 2. The Morgan fingerprint density at radius 3 is 2.52 bits per heavy atom. The number of fused-ring (bicyclic) bond motifs is 1. The molecule has 3 aromatic rings. The van der Waals surface area contributed by atoms with Crippen LogP contribution in [0, 0.1) is 0 Å². The van der Waals surface area contributed by atoms with E-state index in [0.29, 0.717) is 17.4 Å². The third kappa shape index (κ3) is 2.89. The zero-order valence-electron chi connectivity index (χ0n) is 11.2. The number of rotatable bonds is 3. The molecule has 2 aromatic carbocycles. The maximum Gasteiger partial charge on any atom is 0.261 e. The lowest BCUT2D eigenvalue weighted by Crippen LogP contribution is -2.21. The van der Waals surface area contributed by atoms with Crippen molar-refractivity contribution >= 4 is 26.8 Å². The van der Waals surface area contributed by atoms with Gasteiger partial charge in [0, 0.05) is 4.47 Å². The van der Waals surface area contributed by atoms with Crippen molar-refractivity contribution in [2.45, 2.75) is 13.2 Å². The monoisotopic (exact) mass is 344 g/mol. The molecule has 0 atom stereocenters. The van der Waals surface area contributed by atoms with Gasteiger partial charge in [-0.15, -0.1) is 0 Å². The fourth-order valence-corrected chi connectivity index (χ4v) is 2.55. The molecule has 5 heteroatoms. The minimum atomic E-state index is -0.0625. The van der Waals surface area contributed by atoms with Gasteiger partial charge < -0.3 is 5.11 Å². The molecule has 0 saturated heterocycles. The summed E-state index contributed by atoms with van der Waals surface area (Å²) in [6.07, 6.45) is 1.57. The van der Waals surface area contributed by atoms with Gasteiger partial charge in [-0.1, -0.05) is 40.2 Å². The zero-order chi connectivity index (χ0) is 14.8. The van der Waals surface area contributed by atoms with E-state index in [-0.39, 0.29) is 12.2 Å². The van der Waals surface area contributed by atoms with Crippen LogP contribution in [0.5, 0.6) is 0 Å². The van der Waals surface area contributed by atoms with Crippen molar-refractivity contribution in [3.05, 3.63) is 74.7 Å². The fourth-order valence-electron chi connectivity index (χ4n) is 2.19. The first-order valence-corrected chi connectivity index (χ1v) is 7.30. The third-order valence-electron chi connectivity index (χ3n) is 3.34. The van der Waals surface area contributed by atoms with Crippen LogP contribution in [0.15, 0.2) is 58.1 Å². The van der Waals surface area contributed by atoms with Crippen molar-refractivity contribution in [1.82, 2.24) is 9.55 Å². The Kier molecular flexibility index (Phi) is 3.86. The summed E-state index contributed by atoms with van der Waals surface area (Å²) in [6, 6.07) is 13.0. The van der Waals surface area contributed by atoms with Crippen molar-refractivity contribution in [3.8, 4) is 0 Å². The lowest BCUT2D eigenvalue weighted by atomic mass is 10.1. The smallest absolute Gasteiger partial charge is 0.261 e. The SMILES string of the molecule is O=c1c2cc(Br)ccc2ncn1Cc1ccc(CO)cc1. The number of hydrogen-bond acceptors (Lipinski definition) is 3. The van der Waals surface area contributed by atoms with E-state index in [1.54, 1.807) is 17.0 Å². The molecule has 1 N–H and O–H groups in total. The summed E-state index contributed by atoms with van der Waals surface area (Å²) in [6.45, 7) is 0.478. The Bertz CT molecular complexity index is 841. The van der Waals surface area contributed by atoms with Crippen LogP contribution in [0.1, 0.15) is 11.1 Å². The largest absolute Gasteiger partial charge is 0.392 e. The van der Waals surface area contributed by atoms with E-state index in [0.717, 1.165) is 15.6 Å². The van der Waals surface area contributed by atoms with Crippen molar-refractivity contribution in [1.29, 1.82) is 0 Å². The summed E-state index contributed by atoms with van der Waals surface area (Å²) in [5.74, 6) is 0. The summed E-state index contributed by atoms with van der Waals surface area (Å²) < 4.78 is 2.45. The highest BCUT2D eigenvalue weighted by Gasteiger charge is 2.05. The van der Waals surface area contributed by atoms with Crippen molar-refractivity contribution in [2.75, 3.05) is 0 Å².